The Morgan fingerprint density at radius 1 is 1.11 bits per heavy atom. The van der Waals surface area contributed by atoms with Crippen LogP contribution in [0.4, 0.5) is 0 Å². The maximum atomic E-state index is 12.4. The van der Waals surface area contributed by atoms with Crippen molar-refractivity contribution in [2.24, 2.45) is 11.7 Å². The molecule has 0 amide bonds. The van der Waals surface area contributed by atoms with E-state index in [1.165, 1.54) is 16.9 Å². The van der Waals surface area contributed by atoms with Gasteiger partial charge in [-0.25, -0.2) is 0 Å². The Labute approximate surface area is 168 Å². The van der Waals surface area contributed by atoms with E-state index in [2.05, 4.69) is 43.1 Å². The lowest BCUT2D eigenvalue weighted by Gasteiger charge is -2.19. The van der Waals surface area contributed by atoms with Crippen LogP contribution in [0.25, 0.3) is 32.1 Å². The molecule has 0 aliphatic rings. The fourth-order valence-corrected chi connectivity index (χ4v) is 4.57. The predicted octanol–water partition coefficient (Wildman–Crippen LogP) is 5.12. The minimum absolute atomic E-state index is 0.0476. The number of hydrogen-bond acceptors (Lipinski definition) is 4. The molecule has 0 radical (unpaired) electrons. The molecule has 5 heteroatoms. The topological polar surface area (TPSA) is 68.1 Å². The van der Waals surface area contributed by atoms with Gasteiger partial charge in [0.15, 0.2) is 0 Å². The maximum Gasteiger partial charge on any atom is 0.266 e. The number of ether oxygens (including phenoxy) is 1. The molecular formula is C23H24N2O2S. The number of pyridine rings is 1. The number of thiophene rings is 1. The Kier molecular flexibility index (Phi) is 4.96. The van der Waals surface area contributed by atoms with Gasteiger partial charge in [-0.3, -0.25) is 4.79 Å². The van der Waals surface area contributed by atoms with Gasteiger partial charge in [-0.1, -0.05) is 38.1 Å². The average molecular weight is 393 g/mol. The smallest absolute Gasteiger partial charge is 0.266 e. The number of rotatable bonds is 5. The fourth-order valence-electron chi connectivity index (χ4n) is 3.77. The summed E-state index contributed by atoms with van der Waals surface area (Å²) >= 11 is 1.46. The number of fused-ring (bicyclic) bond motifs is 3. The molecule has 2 aromatic carbocycles. The van der Waals surface area contributed by atoms with Gasteiger partial charge in [0.1, 0.15) is 10.4 Å². The molecule has 2 aromatic heterocycles. The van der Waals surface area contributed by atoms with Crippen LogP contribution >= 0.6 is 11.3 Å². The number of aromatic nitrogens is 1. The summed E-state index contributed by atoms with van der Waals surface area (Å²) in [5, 5.41) is 3.94. The minimum Gasteiger partial charge on any atom is -0.496 e. The van der Waals surface area contributed by atoms with Crippen molar-refractivity contribution in [2.75, 3.05) is 13.7 Å². The molecule has 4 rings (SSSR count). The minimum atomic E-state index is -0.0476. The Morgan fingerprint density at radius 2 is 1.86 bits per heavy atom. The van der Waals surface area contributed by atoms with Gasteiger partial charge >= 0.3 is 0 Å². The monoisotopic (exact) mass is 392 g/mol. The van der Waals surface area contributed by atoms with Gasteiger partial charge in [-0.2, -0.15) is 0 Å². The first-order valence-electron chi connectivity index (χ1n) is 9.45. The number of methoxy groups -OCH3 is 1. The predicted molar refractivity (Wildman–Crippen MR) is 119 cm³/mol. The summed E-state index contributed by atoms with van der Waals surface area (Å²) < 4.78 is 6.43. The Morgan fingerprint density at radius 3 is 2.54 bits per heavy atom. The standard InChI is InChI=1S/C23H24N2O2S/c1-13(12-24)14(2)15-4-6-16(7-5-15)20-19(27-3)9-8-18-21(20)17-10-11-28-22(17)23(26)25-18/h4-11,13-14H,12,24H2,1-3H3,(H,25,26). The number of hydrogen-bond donors (Lipinski definition) is 2. The third-order valence-corrected chi connectivity index (χ3v) is 6.64. The van der Waals surface area contributed by atoms with Crippen LogP contribution in [0.5, 0.6) is 5.75 Å². The first-order valence-corrected chi connectivity index (χ1v) is 10.3. The largest absolute Gasteiger partial charge is 0.496 e. The SMILES string of the molecule is COc1ccc2[nH]c(=O)c3sccc3c2c1-c1ccc(C(C)C(C)CN)cc1. The van der Waals surface area contributed by atoms with E-state index in [9.17, 15) is 4.79 Å². The van der Waals surface area contributed by atoms with Crippen LogP contribution in [0.2, 0.25) is 0 Å². The summed E-state index contributed by atoms with van der Waals surface area (Å²) in [6.07, 6.45) is 0. The number of aromatic amines is 1. The molecule has 0 bridgehead atoms. The molecule has 0 aliphatic carbocycles. The van der Waals surface area contributed by atoms with Gasteiger partial charge in [-0.05, 0) is 53.1 Å². The zero-order valence-electron chi connectivity index (χ0n) is 16.3. The van der Waals surface area contributed by atoms with Crippen molar-refractivity contribution in [1.29, 1.82) is 0 Å². The molecular weight excluding hydrogens is 368 g/mol. The maximum absolute atomic E-state index is 12.4. The van der Waals surface area contributed by atoms with E-state index in [-0.39, 0.29) is 5.56 Å². The molecule has 28 heavy (non-hydrogen) atoms. The summed E-state index contributed by atoms with van der Waals surface area (Å²) in [6, 6.07) is 14.4. The number of nitrogens with one attached hydrogen (secondary N) is 1. The highest BCUT2D eigenvalue weighted by Crippen LogP contribution is 2.40. The van der Waals surface area contributed by atoms with Crippen LogP contribution in [0, 0.1) is 5.92 Å². The van der Waals surface area contributed by atoms with E-state index in [1.807, 2.05) is 23.6 Å². The lowest BCUT2D eigenvalue weighted by atomic mass is 9.87. The van der Waals surface area contributed by atoms with E-state index >= 15 is 0 Å². The van der Waals surface area contributed by atoms with Gasteiger partial charge < -0.3 is 15.5 Å². The van der Waals surface area contributed by atoms with E-state index in [4.69, 9.17) is 10.5 Å². The first kappa shape index (κ1) is 18.7. The van der Waals surface area contributed by atoms with E-state index in [0.29, 0.717) is 18.4 Å². The fraction of sp³-hybridized carbons (Fsp3) is 0.261. The zero-order valence-corrected chi connectivity index (χ0v) is 17.1. The Bertz CT molecular complexity index is 1190. The zero-order chi connectivity index (χ0) is 19.8. The molecule has 2 unspecified atom stereocenters. The summed E-state index contributed by atoms with van der Waals surface area (Å²) in [4.78, 5) is 15.4. The van der Waals surface area contributed by atoms with Crippen molar-refractivity contribution in [3.05, 3.63) is 63.8 Å². The first-order chi connectivity index (χ1) is 13.5. The second-order valence-electron chi connectivity index (χ2n) is 7.31. The lowest BCUT2D eigenvalue weighted by molar-refractivity contribution is 0.417. The van der Waals surface area contributed by atoms with Crippen molar-refractivity contribution in [1.82, 2.24) is 4.98 Å². The number of benzene rings is 2. The third-order valence-electron chi connectivity index (χ3n) is 5.73. The molecule has 0 saturated heterocycles. The third kappa shape index (κ3) is 3.01. The van der Waals surface area contributed by atoms with E-state index in [0.717, 1.165) is 37.9 Å². The van der Waals surface area contributed by atoms with Crippen LogP contribution < -0.4 is 16.0 Å². The van der Waals surface area contributed by atoms with Crippen molar-refractivity contribution < 1.29 is 4.74 Å². The lowest BCUT2D eigenvalue weighted by Crippen LogP contribution is -2.16. The van der Waals surface area contributed by atoms with Gasteiger partial charge in [0.05, 0.1) is 7.11 Å². The molecule has 144 valence electrons. The van der Waals surface area contributed by atoms with Gasteiger partial charge in [0.2, 0.25) is 0 Å². The normalized spacial score (nSPS) is 13.7. The quantitative estimate of drug-likeness (QED) is 0.495. The van der Waals surface area contributed by atoms with Crippen LogP contribution in [-0.2, 0) is 0 Å². The van der Waals surface area contributed by atoms with Crippen LogP contribution in [0.15, 0.2) is 52.6 Å². The number of H-pyrrole nitrogens is 1. The van der Waals surface area contributed by atoms with Crippen molar-refractivity contribution in [2.45, 2.75) is 19.8 Å². The molecule has 4 nitrogen and oxygen atoms in total. The van der Waals surface area contributed by atoms with Gasteiger partial charge in [0, 0.05) is 21.9 Å². The summed E-state index contributed by atoms with van der Waals surface area (Å²) in [6.45, 7) is 5.06. The molecule has 0 aliphatic heterocycles. The van der Waals surface area contributed by atoms with Gasteiger partial charge in [-0.15, -0.1) is 11.3 Å². The Balaban J connectivity index is 1.95. The second kappa shape index (κ2) is 7.41. The summed E-state index contributed by atoms with van der Waals surface area (Å²) in [7, 11) is 1.68. The van der Waals surface area contributed by atoms with Crippen molar-refractivity contribution in [3.63, 3.8) is 0 Å². The van der Waals surface area contributed by atoms with E-state index < -0.39 is 0 Å². The van der Waals surface area contributed by atoms with Crippen LogP contribution in [-0.4, -0.2) is 18.6 Å². The van der Waals surface area contributed by atoms with Crippen molar-refractivity contribution >= 4 is 32.3 Å². The second-order valence-corrected chi connectivity index (χ2v) is 8.22. The highest BCUT2D eigenvalue weighted by Gasteiger charge is 2.17. The molecule has 2 atom stereocenters. The average Bonchev–Trinajstić information content (AvgIpc) is 3.23. The molecule has 0 saturated carbocycles. The summed E-state index contributed by atoms with van der Waals surface area (Å²) in [5.41, 5.74) is 9.96. The van der Waals surface area contributed by atoms with E-state index in [1.54, 1.807) is 7.11 Å². The molecule has 4 aromatic rings. The molecule has 3 N–H and O–H groups in total. The van der Waals surface area contributed by atoms with Gasteiger partial charge in [0.25, 0.3) is 5.56 Å². The molecule has 2 heterocycles. The number of nitrogens with two attached hydrogens (primary N) is 1. The van der Waals surface area contributed by atoms with Crippen LogP contribution in [0.3, 0.4) is 0 Å². The summed E-state index contributed by atoms with van der Waals surface area (Å²) in [5.74, 6) is 1.62. The highest BCUT2D eigenvalue weighted by atomic mass is 32.1. The van der Waals surface area contributed by atoms with Crippen molar-refractivity contribution in [3.8, 4) is 16.9 Å². The molecule has 0 fully saturated rings. The van der Waals surface area contributed by atoms with Crippen LogP contribution in [0.1, 0.15) is 25.3 Å². The highest BCUT2D eigenvalue weighted by molar-refractivity contribution is 7.17. The molecule has 0 spiro atoms. The Hall–Kier alpha value is -2.63.